The van der Waals surface area contributed by atoms with Crippen LogP contribution in [0.3, 0.4) is 0 Å². The van der Waals surface area contributed by atoms with Crippen molar-refractivity contribution >= 4 is 28.4 Å². The Hall–Kier alpha value is -2.99. The quantitative estimate of drug-likeness (QED) is 0.548. The lowest BCUT2D eigenvalue weighted by molar-refractivity contribution is 0.414. The summed E-state index contributed by atoms with van der Waals surface area (Å²) in [4.78, 5) is 0.802. The maximum atomic E-state index is 5.19. The summed E-state index contributed by atoms with van der Waals surface area (Å²) in [6.07, 6.45) is 4.73. The van der Waals surface area contributed by atoms with Gasteiger partial charge >= 0.3 is 0 Å². The number of methoxy groups -OCH3 is 1. The van der Waals surface area contributed by atoms with Gasteiger partial charge in [-0.15, -0.1) is 10.2 Å². The van der Waals surface area contributed by atoms with E-state index in [1.165, 1.54) is 11.3 Å². The van der Waals surface area contributed by atoms with Crippen molar-refractivity contribution < 1.29 is 4.74 Å². The van der Waals surface area contributed by atoms with E-state index in [0.29, 0.717) is 6.42 Å². The molecule has 0 aliphatic rings. The highest BCUT2D eigenvalue weighted by Crippen LogP contribution is 2.19. The molecule has 2 aromatic carbocycles. The van der Waals surface area contributed by atoms with Crippen molar-refractivity contribution in [2.45, 2.75) is 6.42 Å². The maximum Gasteiger partial charge on any atom is 0.234 e. The van der Waals surface area contributed by atoms with Crippen LogP contribution >= 0.6 is 11.3 Å². The number of fused-ring (bicyclic) bond motifs is 1. The molecule has 0 spiro atoms. The van der Waals surface area contributed by atoms with E-state index in [4.69, 9.17) is 4.74 Å². The topological polar surface area (TPSA) is 52.3 Å². The van der Waals surface area contributed by atoms with Gasteiger partial charge in [-0.25, -0.2) is 0 Å². The lowest BCUT2D eigenvalue weighted by Gasteiger charge is -2.01. The van der Waals surface area contributed by atoms with Crippen LogP contribution < -0.4 is 4.74 Å². The molecular formula is C19H16N4OS. The second kappa shape index (κ2) is 6.86. The fourth-order valence-corrected chi connectivity index (χ4v) is 3.27. The number of hydrogen-bond acceptors (Lipinski definition) is 5. The molecule has 2 heterocycles. The average Bonchev–Trinajstić information content (AvgIpc) is 3.23. The average molecular weight is 348 g/mol. The second-order valence-electron chi connectivity index (χ2n) is 5.52. The number of benzene rings is 2. The van der Waals surface area contributed by atoms with Gasteiger partial charge in [-0.05, 0) is 29.3 Å². The molecule has 0 saturated carbocycles. The van der Waals surface area contributed by atoms with Crippen LogP contribution in [-0.2, 0) is 6.42 Å². The Balaban J connectivity index is 1.56. The normalized spacial score (nSPS) is 11.4. The smallest absolute Gasteiger partial charge is 0.234 e. The molecule has 0 atom stereocenters. The van der Waals surface area contributed by atoms with Crippen molar-refractivity contribution in [1.29, 1.82) is 0 Å². The molecule has 0 N–H and O–H groups in total. The van der Waals surface area contributed by atoms with E-state index in [1.54, 1.807) is 7.11 Å². The maximum absolute atomic E-state index is 5.19. The van der Waals surface area contributed by atoms with Gasteiger partial charge in [-0.2, -0.15) is 9.61 Å². The molecule has 4 rings (SSSR count). The van der Waals surface area contributed by atoms with Crippen LogP contribution in [0.2, 0.25) is 0 Å². The molecule has 0 fully saturated rings. The molecule has 0 radical (unpaired) electrons. The van der Waals surface area contributed by atoms with Crippen LogP contribution in [0.15, 0.2) is 54.6 Å². The van der Waals surface area contributed by atoms with Crippen molar-refractivity contribution in [1.82, 2.24) is 19.8 Å². The summed E-state index contributed by atoms with van der Waals surface area (Å²) < 4.78 is 7.01. The largest absolute Gasteiger partial charge is 0.497 e. The Morgan fingerprint density at radius 3 is 2.56 bits per heavy atom. The molecule has 0 amide bonds. The zero-order chi connectivity index (χ0) is 17.1. The lowest BCUT2D eigenvalue weighted by Crippen LogP contribution is -1.97. The van der Waals surface area contributed by atoms with Crippen molar-refractivity contribution in [2.24, 2.45) is 0 Å². The van der Waals surface area contributed by atoms with Crippen LogP contribution in [0.25, 0.3) is 17.1 Å². The zero-order valence-corrected chi connectivity index (χ0v) is 14.5. The molecule has 0 unspecified atom stereocenters. The molecule has 0 bridgehead atoms. The van der Waals surface area contributed by atoms with E-state index >= 15 is 0 Å². The minimum atomic E-state index is 0.677. The number of hydrogen-bond donors (Lipinski definition) is 0. The molecule has 4 aromatic rings. The Labute approximate surface area is 149 Å². The Morgan fingerprint density at radius 1 is 1.00 bits per heavy atom. The van der Waals surface area contributed by atoms with Gasteiger partial charge < -0.3 is 4.74 Å². The van der Waals surface area contributed by atoms with E-state index < -0.39 is 0 Å². The third kappa shape index (κ3) is 3.44. The number of ether oxygens (including phenoxy) is 1. The van der Waals surface area contributed by atoms with Crippen molar-refractivity contribution in [3.05, 3.63) is 76.6 Å². The fourth-order valence-electron chi connectivity index (χ4n) is 2.51. The van der Waals surface area contributed by atoms with Gasteiger partial charge in [0, 0.05) is 6.42 Å². The second-order valence-corrected chi connectivity index (χ2v) is 6.51. The first-order chi connectivity index (χ1) is 12.3. The van der Waals surface area contributed by atoms with Crippen LogP contribution in [0, 0.1) is 0 Å². The van der Waals surface area contributed by atoms with Crippen LogP contribution in [0.1, 0.15) is 22.0 Å². The highest BCUT2D eigenvalue weighted by Gasteiger charge is 2.11. The van der Waals surface area contributed by atoms with E-state index in [2.05, 4.69) is 33.5 Å². The number of nitrogens with zero attached hydrogens (tertiary/aromatic N) is 4. The predicted octanol–water partition coefficient (Wildman–Crippen LogP) is 3.96. The van der Waals surface area contributed by atoms with Gasteiger partial charge in [0.1, 0.15) is 10.8 Å². The van der Waals surface area contributed by atoms with Gasteiger partial charge in [-0.3, -0.25) is 0 Å². The van der Waals surface area contributed by atoms with Crippen LogP contribution in [-0.4, -0.2) is 26.9 Å². The summed E-state index contributed by atoms with van der Waals surface area (Å²) in [5.74, 6) is 1.67. The third-order valence-electron chi connectivity index (χ3n) is 3.81. The first kappa shape index (κ1) is 15.5. The molecule has 6 heteroatoms. The Bertz CT molecular complexity index is 1000. The highest BCUT2D eigenvalue weighted by molar-refractivity contribution is 7.17. The highest BCUT2D eigenvalue weighted by atomic mass is 32.1. The molecule has 5 nitrogen and oxygen atoms in total. The zero-order valence-electron chi connectivity index (χ0n) is 13.7. The van der Waals surface area contributed by atoms with Crippen molar-refractivity contribution in [3.8, 4) is 5.75 Å². The standard InChI is InChI=1S/C19H16N4OS/c1-24-16-10-7-15(8-11-16)13-17-20-21-19-23(17)22-18(25-19)12-9-14-5-3-2-4-6-14/h2-12H,13H2,1H3/b12-9+. The van der Waals surface area contributed by atoms with Crippen molar-refractivity contribution in [3.63, 3.8) is 0 Å². The van der Waals surface area contributed by atoms with E-state index in [0.717, 1.165) is 32.7 Å². The molecule has 0 aliphatic carbocycles. The van der Waals surface area contributed by atoms with Gasteiger partial charge in [0.2, 0.25) is 4.96 Å². The fraction of sp³-hybridized carbons (Fsp3) is 0.105. The van der Waals surface area contributed by atoms with Gasteiger partial charge in [-0.1, -0.05) is 59.9 Å². The molecule has 25 heavy (non-hydrogen) atoms. The monoisotopic (exact) mass is 348 g/mol. The predicted molar refractivity (Wildman–Crippen MR) is 99.8 cm³/mol. The molecule has 0 saturated heterocycles. The molecule has 2 aromatic heterocycles. The number of rotatable bonds is 5. The summed E-state index contributed by atoms with van der Waals surface area (Å²) in [5, 5.41) is 14.0. The van der Waals surface area contributed by atoms with Gasteiger partial charge in [0.25, 0.3) is 0 Å². The van der Waals surface area contributed by atoms with E-state index in [-0.39, 0.29) is 0 Å². The minimum absolute atomic E-state index is 0.677. The van der Waals surface area contributed by atoms with Crippen molar-refractivity contribution in [2.75, 3.05) is 7.11 Å². The lowest BCUT2D eigenvalue weighted by atomic mass is 10.1. The molecule has 124 valence electrons. The minimum Gasteiger partial charge on any atom is -0.497 e. The Kier molecular flexibility index (Phi) is 4.26. The summed E-state index contributed by atoms with van der Waals surface area (Å²) in [5.41, 5.74) is 2.29. The summed E-state index contributed by atoms with van der Waals surface area (Å²) in [7, 11) is 1.66. The third-order valence-corrected chi connectivity index (χ3v) is 4.67. The summed E-state index contributed by atoms with van der Waals surface area (Å²) in [6, 6.07) is 18.1. The van der Waals surface area contributed by atoms with E-state index in [9.17, 15) is 0 Å². The van der Waals surface area contributed by atoms with Gasteiger partial charge in [0.15, 0.2) is 5.82 Å². The molecule has 0 aliphatic heterocycles. The molecular weight excluding hydrogens is 332 g/mol. The first-order valence-corrected chi connectivity index (χ1v) is 8.70. The number of aromatic nitrogens is 4. The summed E-state index contributed by atoms with van der Waals surface area (Å²) in [6.45, 7) is 0. The van der Waals surface area contributed by atoms with Gasteiger partial charge in [0.05, 0.1) is 7.11 Å². The van der Waals surface area contributed by atoms with Crippen LogP contribution in [0.5, 0.6) is 5.75 Å². The van der Waals surface area contributed by atoms with Crippen LogP contribution in [0.4, 0.5) is 0 Å². The van der Waals surface area contributed by atoms with E-state index in [1.807, 2.05) is 53.1 Å². The first-order valence-electron chi connectivity index (χ1n) is 7.89. The Morgan fingerprint density at radius 2 is 1.80 bits per heavy atom. The SMILES string of the molecule is COc1ccc(Cc2nnc3sc(/C=C/c4ccccc4)nn23)cc1. The summed E-state index contributed by atoms with van der Waals surface area (Å²) >= 11 is 1.53.